The van der Waals surface area contributed by atoms with E-state index < -0.39 is 0 Å². The summed E-state index contributed by atoms with van der Waals surface area (Å²) in [4.78, 5) is 0. The molecule has 0 atom stereocenters. The number of nitrogens with two attached hydrogens (primary N) is 11. The molecule has 0 aliphatic rings. The SMILES string of the molecule is CC.CC.CC.CC.CC.CC.CC.CC.CC.CC.CC.CC.CC.CC.CC.CC.CC.CC.CC.CC.CC.CC.CC.CC.CC.CC.CC.CC.CC.CN.CN.CN.CN.CN.CN.CN.CN.CN.CN.CN.CO.CO. The fraction of sp³-hybridized carbons (Fsp3) is 1.00. The Kier molecular flexibility index (Phi) is 7960000. The minimum atomic E-state index is 1.00. The number of hydrogen-bond acceptors (Lipinski definition) is 13. The maximum absolute atomic E-state index is 7.00. The van der Waals surface area contributed by atoms with Crippen LogP contribution in [0.25, 0.3) is 0 Å². The molecule has 588 valence electrons. The van der Waals surface area contributed by atoms with Crippen LogP contribution in [-0.2, 0) is 0 Å². The molecule has 0 aliphatic carbocycles. The molecule has 0 heterocycles. The topological polar surface area (TPSA) is 327 Å². The number of rotatable bonds is 0. The van der Waals surface area contributed by atoms with Gasteiger partial charge in [0, 0.05) is 14.2 Å². The van der Waals surface area contributed by atoms with E-state index >= 15 is 0 Å². The van der Waals surface area contributed by atoms with Crippen LogP contribution in [0.3, 0.4) is 0 Å². The summed E-state index contributed by atoms with van der Waals surface area (Å²) < 4.78 is 0. The lowest BCUT2D eigenvalue weighted by atomic mass is 11.0. The molecule has 0 aliphatic heterocycles. The van der Waals surface area contributed by atoms with Crippen molar-refractivity contribution in [3.8, 4) is 0 Å². The Morgan fingerprint density at radius 1 is 0.0714 bits per heavy atom. The van der Waals surface area contributed by atoms with Crippen molar-refractivity contribution in [3.63, 3.8) is 0 Å². The third-order valence-electron chi connectivity index (χ3n) is 0. The van der Waals surface area contributed by atoms with Gasteiger partial charge in [-0.15, -0.1) is 0 Å². The van der Waals surface area contributed by atoms with Crippen molar-refractivity contribution in [1.82, 2.24) is 0 Å². The standard InChI is InChI=1S/29C2H6.11CH5N.2CH4O/c42*1-2/h29*1-2H3;11*2H2,1H3;2*2H,1H3. The van der Waals surface area contributed by atoms with E-state index in [2.05, 4.69) is 63.1 Å². The summed E-state index contributed by atoms with van der Waals surface area (Å²) in [6, 6.07) is 0. The van der Waals surface area contributed by atoms with E-state index in [1.165, 1.54) is 77.5 Å². The Bertz CT molecular complexity index is 60.3. The highest BCUT2D eigenvalue weighted by atomic mass is 16.2. The van der Waals surface area contributed by atoms with Crippen molar-refractivity contribution in [1.29, 1.82) is 0 Å². The van der Waals surface area contributed by atoms with E-state index in [-0.39, 0.29) is 0 Å². The minimum absolute atomic E-state index is 1.00. The van der Waals surface area contributed by atoms with Gasteiger partial charge < -0.3 is 73.3 Å². The number of hydrogen-bond donors (Lipinski definition) is 13. The van der Waals surface area contributed by atoms with E-state index in [4.69, 9.17) is 10.2 Å². The van der Waals surface area contributed by atoms with Crippen molar-refractivity contribution in [2.45, 2.75) is 402 Å². The van der Waals surface area contributed by atoms with Crippen molar-refractivity contribution in [3.05, 3.63) is 0 Å². The Hall–Kier alpha value is -0.520. The van der Waals surface area contributed by atoms with Gasteiger partial charge in [0.05, 0.1) is 0 Å². The molecule has 0 bridgehead atoms. The Morgan fingerprint density at radius 3 is 0.0714 bits per heavy atom. The molecule has 13 nitrogen and oxygen atoms in total. The molecule has 0 fully saturated rings. The summed E-state index contributed by atoms with van der Waals surface area (Å²) in [6.45, 7) is 116. The second-order valence-electron chi connectivity index (χ2n) is 0. The summed E-state index contributed by atoms with van der Waals surface area (Å²) in [5.41, 5.74) is 49.5. The zero-order valence-corrected chi connectivity index (χ0v) is 78.2. The average Bonchev–Trinajstić information content (AvgIpc) is 3.74. The van der Waals surface area contributed by atoms with E-state index in [9.17, 15) is 0 Å². The zero-order chi connectivity index (χ0) is 84.0. The molecule has 0 rings (SSSR count). The summed E-state index contributed by atoms with van der Waals surface area (Å²) >= 11 is 0. The average molecular weight is 1280 g/mol. The van der Waals surface area contributed by atoms with Crippen molar-refractivity contribution >= 4 is 0 Å². The summed E-state index contributed by atoms with van der Waals surface area (Å²) in [6.07, 6.45) is 0. The normalized spacial score (nSPS) is 3.00. The van der Waals surface area contributed by atoms with Gasteiger partial charge in [-0.1, -0.05) is 402 Å². The summed E-state index contributed by atoms with van der Waals surface area (Å²) in [5, 5.41) is 14.0. The summed E-state index contributed by atoms with van der Waals surface area (Å²) in [7, 11) is 18.5. The van der Waals surface area contributed by atoms with Gasteiger partial charge in [-0.3, -0.25) is 0 Å². The predicted octanol–water partition coefficient (Wildman–Crippen LogP) is 24.3. The molecule has 24 N–H and O–H groups in total. The third-order valence-corrected chi connectivity index (χ3v) is 0. The zero-order valence-electron chi connectivity index (χ0n) is 78.2. The molecule has 0 aromatic rings. The monoisotopic (exact) mass is 1280 g/mol. The molecule has 13 heteroatoms. The minimum Gasteiger partial charge on any atom is -0.400 e. The fourth-order valence-corrected chi connectivity index (χ4v) is 0. The van der Waals surface area contributed by atoms with Crippen molar-refractivity contribution in [2.75, 3.05) is 91.7 Å². The highest BCUT2D eigenvalue weighted by molar-refractivity contribution is 3.59. The molecular formula is C71H237N11O2. The lowest BCUT2D eigenvalue weighted by molar-refractivity contribution is 0.399. The Labute approximate surface area is 564 Å². The first-order valence-corrected chi connectivity index (χ1v) is 36.2. The van der Waals surface area contributed by atoms with Gasteiger partial charge in [0.15, 0.2) is 0 Å². The molecule has 0 radical (unpaired) electrons. The molecule has 0 saturated carbocycles. The Morgan fingerprint density at radius 2 is 0.0714 bits per heavy atom. The van der Waals surface area contributed by atoms with Gasteiger partial charge in [0.1, 0.15) is 0 Å². The number of aliphatic hydroxyl groups excluding tert-OH is 2. The lowest BCUT2D eigenvalue weighted by Gasteiger charge is -1.21. The lowest BCUT2D eigenvalue weighted by Crippen LogP contribution is -1.69. The predicted molar refractivity (Wildman–Crippen MR) is 457 cm³/mol. The third kappa shape index (κ3) is 1950000. The van der Waals surface area contributed by atoms with Crippen LogP contribution < -0.4 is 63.1 Å². The van der Waals surface area contributed by atoms with E-state index in [0.717, 1.165) is 14.2 Å². The fourth-order valence-electron chi connectivity index (χ4n) is 0. The van der Waals surface area contributed by atoms with Crippen molar-refractivity contribution in [2.24, 2.45) is 63.1 Å². The van der Waals surface area contributed by atoms with Gasteiger partial charge in [-0.25, -0.2) is 0 Å². The van der Waals surface area contributed by atoms with Crippen LogP contribution in [0.1, 0.15) is 402 Å². The second kappa shape index (κ2) is 2030000. The smallest absolute Gasteiger partial charge is 0.0319 e. The highest BCUT2D eigenvalue weighted by Crippen LogP contribution is 1.20. The van der Waals surface area contributed by atoms with Gasteiger partial charge >= 0.3 is 0 Å². The largest absolute Gasteiger partial charge is 0.400 e. The highest BCUT2D eigenvalue weighted by Gasteiger charge is 0.999. The maximum Gasteiger partial charge on any atom is 0.0319 e. The first kappa shape index (κ1) is 330. The van der Waals surface area contributed by atoms with Crippen LogP contribution in [0.4, 0.5) is 0 Å². The Balaban J connectivity index is -0.00000000538. The van der Waals surface area contributed by atoms with Crippen LogP contribution in [0, 0.1) is 0 Å². The first-order chi connectivity index (χ1) is 42.0. The number of aliphatic hydroxyl groups is 2. The van der Waals surface area contributed by atoms with E-state index in [1.807, 2.05) is 402 Å². The molecule has 84 heavy (non-hydrogen) atoms. The molecule has 0 spiro atoms. The van der Waals surface area contributed by atoms with Crippen LogP contribution in [-0.4, -0.2) is 102 Å². The van der Waals surface area contributed by atoms with E-state index in [1.54, 1.807) is 0 Å². The van der Waals surface area contributed by atoms with Gasteiger partial charge in [-0.05, 0) is 77.5 Å². The van der Waals surface area contributed by atoms with Crippen molar-refractivity contribution < 1.29 is 10.2 Å². The molecule has 0 aromatic carbocycles. The maximum atomic E-state index is 7.00. The van der Waals surface area contributed by atoms with Gasteiger partial charge in [0.2, 0.25) is 0 Å². The van der Waals surface area contributed by atoms with Crippen LogP contribution in [0.5, 0.6) is 0 Å². The van der Waals surface area contributed by atoms with E-state index in [0.29, 0.717) is 0 Å². The molecule has 0 unspecified atom stereocenters. The molecule has 0 amide bonds. The van der Waals surface area contributed by atoms with Crippen LogP contribution in [0.15, 0.2) is 0 Å². The van der Waals surface area contributed by atoms with Crippen LogP contribution in [0.2, 0.25) is 0 Å². The molecular weight excluding hydrogens is 1040 g/mol. The van der Waals surface area contributed by atoms with Gasteiger partial charge in [0.25, 0.3) is 0 Å². The molecule has 0 saturated heterocycles. The molecule has 0 aromatic heterocycles. The first-order valence-electron chi connectivity index (χ1n) is 36.2. The van der Waals surface area contributed by atoms with Gasteiger partial charge in [-0.2, -0.15) is 0 Å². The quantitative estimate of drug-likeness (QED) is 0.107. The van der Waals surface area contributed by atoms with Crippen LogP contribution >= 0.6 is 0 Å². The summed E-state index contributed by atoms with van der Waals surface area (Å²) in [5.74, 6) is 0. The second-order valence-corrected chi connectivity index (χ2v) is 0.